The summed E-state index contributed by atoms with van der Waals surface area (Å²) in [6.07, 6.45) is -1.46. The summed E-state index contributed by atoms with van der Waals surface area (Å²) >= 11 is 1.41. The summed E-state index contributed by atoms with van der Waals surface area (Å²) < 4.78 is 7.24. The molecule has 0 saturated carbocycles. The van der Waals surface area contributed by atoms with Crippen LogP contribution in [-0.2, 0) is 28.4 Å². The van der Waals surface area contributed by atoms with Crippen LogP contribution < -0.4 is 21.9 Å². The second-order valence-electron chi connectivity index (χ2n) is 8.78. The topological polar surface area (TPSA) is 134 Å². The van der Waals surface area contributed by atoms with Gasteiger partial charge in [-0.05, 0) is 37.4 Å². The summed E-state index contributed by atoms with van der Waals surface area (Å²) in [6, 6.07) is 10.5. The van der Waals surface area contributed by atoms with E-state index in [1.165, 1.54) is 32.4 Å². The van der Waals surface area contributed by atoms with E-state index < -0.39 is 46.6 Å². The molecular formula is C25H26N4O6S. The molecule has 3 heterocycles. The highest BCUT2D eigenvalue weighted by Gasteiger charge is 2.47. The van der Waals surface area contributed by atoms with Crippen molar-refractivity contribution in [2.45, 2.75) is 32.4 Å². The van der Waals surface area contributed by atoms with Gasteiger partial charge < -0.3 is 15.4 Å². The molecule has 1 aliphatic heterocycles. The highest BCUT2D eigenvalue weighted by molar-refractivity contribution is 7.10. The number of ether oxygens (including phenoxy) is 1. The molecule has 11 heteroatoms. The molecule has 2 N–H and O–H groups in total. The van der Waals surface area contributed by atoms with Crippen LogP contribution >= 0.6 is 11.3 Å². The molecule has 188 valence electrons. The normalized spacial score (nSPS) is 18.3. The van der Waals surface area contributed by atoms with E-state index >= 15 is 0 Å². The monoisotopic (exact) mass is 510 g/mol. The van der Waals surface area contributed by atoms with E-state index in [2.05, 4.69) is 0 Å². The van der Waals surface area contributed by atoms with Crippen LogP contribution in [0, 0.1) is 12.8 Å². The zero-order chi connectivity index (χ0) is 26.3. The zero-order valence-corrected chi connectivity index (χ0v) is 21.1. The molecule has 36 heavy (non-hydrogen) atoms. The molecule has 2 aromatic heterocycles. The van der Waals surface area contributed by atoms with Crippen molar-refractivity contribution in [3.8, 4) is 0 Å². The van der Waals surface area contributed by atoms with Gasteiger partial charge in [0.05, 0.1) is 12.0 Å². The van der Waals surface area contributed by atoms with Gasteiger partial charge in [0.15, 0.2) is 6.10 Å². The third-order valence-electron chi connectivity index (χ3n) is 6.39. The SMILES string of the molecule is Cc1ccc(N2C(=O)C[C@H](C(=O)O[C@H](C)C(=O)c3c(N)n(C)c(=O)n(C)c3=O)[C@@H]2c2cccs2)cc1. The van der Waals surface area contributed by atoms with Gasteiger partial charge >= 0.3 is 11.7 Å². The fourth-order valence-electron chi connectivity index (χ4n) is 4.35. The summed E-state index contributed by atoms with van der Waals surface area (Å²) in [5.41, 5.74) is 5.58. The molecule has 3 aromatic rings. The molecule has 1 fully saturated rings. The molecule has 1 aliphatic rings. The number of carbonyl (C=O) groups is 3. The summed E-state index contributed by atoms with van der Waals surface area (Å²) in [5.74, 6) is -2.99. The standard InChI is InChI=1S/C25H26N4O6S/c1-13-7-9-15(10-8-13)29-18(30)12-16(20(29)17-6-5-11-36-17)24(33)35-14(2)21(31)19-22(26)27(3)25(34)28(4)23(19)32/h5-11,14,16,20H,12,26H2,1-4H3/t14-,16+,20-/m1/s1. The number of carbonyl (C=O) groups excluding carboxylic acids is 3. The Morgan fingerprint density at radius 1 is 1.08 bits per heavy atom. The average molecular weight is 511 g/mol. The van der Waals surface area contributed by atoms with Crippen LogP contribution in [-0.4, -0.2) is 32.9 Å². The molecule has 3 atom stereocenters. The largest absolute Gasteiger partial charge is 0.454 e. The maximum absolute atomic E-state index is 13.3. The number of Topliss-reactive ketones (excluding diaryl/α,β-unsaturated/α-hetero) is 1. The van der Waals surface area contributed by atoms with Crippen molar-refractivity contribution in [1.82, 2.24) is 9.13 Å². The van der Waals surface area contributed by atoms with E-state index in [9.17, 15) is 24.0 Å². The number of ketones is 1. The summed E-state index contributed by atoms with van der Waals surface area (Å²) in [7, 11) is 2.56. The summed E-state index contributed by atoms with van der Waals surface area (Å²) in [5, 5.41) is 1.86. The van der Waals surface area contributed by atoms with E-state index in [0.29, 0.717) is 5.69 Å². The first-order valence-corrected chi connectivity index (χ1v) is 12.1. The Hall–Kier alpha value is -3.99. The first-order chi connectivity index (χ1) is 17.0. The number of aryl methyl sites for hydroxylation is 1. The van der Waals surface area contributed by atoms with Crippen LogP contribution in [0.5, 0.6) is 0 Å². The molecule has 10 nitrogen and oxygen atoms in total. The summed E-state index contributed by atoms with van der Waals surface area (Å²) in [6.45, 7) is 3.27. The molecule has 0 unspecified atom stereocenters. The second-order valence-corrected chi connectivity index (χ2v) is 9.76. The molecule has 1 amide bonds. The molecule has 1 aromatic carbocycles. The zero-order valence-electron chi connectivity index (χ0n) is 20.3. The second kappa shape index (κ2) is 9.57. The minimum absolute atomic E-state index is 0.0973. The fraction of sp³-hybridized carbons (Fsp3) is 0.320. The van der Waals surface area contributed by atoms with Gasteiger partial charge in [-0.15, -0.1) is 11.3 Å². The van der Waals surface area contributed by atoms with E-state index in [-0.39, 0.29) is 18.1 Å². The van der Waals surface area contributed by atoms with Crippen LogP contribution in [0.3, 0.4) is 0 Å². The molecule has 0 aliphatic carbocycles. The number of esters is 1. The minimum atomic E-state index is -1.36. The number of thiophene rings is 1. The number of nitrogen functional groups attached to an aromatic ring is 1. The van der Waals surface area contributed by atoms with Crippen LogP contribution in [0.2, 0.25) is 0 Å². The van der Waals surface area contributed by atoms with Crippen LogP contribution in [0.4, 0.5) is 11.5 Å². The highest BCUT2D eigenvalue weighted by atomic mass is 32.1. The predicted molar refractivity (Wildman–Crippen MR) is 135 cm³/mol. The smallest absolute Gasteiger partial charge is 0.332 e. The van der Waals surface area contributed by atoms with Gasteiger partial charge in [-0.25, -0.2) is 4.79 Å². The maximum atomic E-state index is 13.3. The predicted octanol–water partition coefficient (Wildman–Crippen LogP) is 1.94. The lowest BCUT2D eigenvalue weighted by atomic mass is 9.98. The number of nitrogens with zero attached hydrogens (tertiary/aromatic N) is 3. The Balaban J connectivity index is 1.64. The number of hydrogen-bond acceptors (Lipinski definition) is 8. The van der Waals surface area contributed by atoms with Crippen molar-refractivity contribution in [1.29, 1.82) is 0 Å². The third-order valence-corrected chi connectivity index (χ3v) is 7.33. The first kappa shape index (κ1) is 25.1. The fourth-order valence-corrected chi connectivity index (χ4v) is 5.23. The van der Waals surface area contributed by atoms with Gasteiger partial charge in [0.25, 0.3) is 5.56 Å². The molecule has 4 rings (SSSR count). The third kappa shape index (κ3) is 4.26. The molecule has 1 saturated heterocycles. The van der Waals surface area contributed by atoms with Gasteiger partial charge in [-0.1, -0.05) is 23.8 Å². The quantitative estimate of drug-likeness (QED) is 0.396. The molecule has 0 spiro atoms. The number of nitrogens with two attached hydrogens (primary N) is 1. The van der Waals surface area contributed by atoms with Gasteiger partial charge in [-0.2, -0.15) is 0 Å². The number of benzene rings is 1. The van der Waals surface area contributed by atoms with E-state index in [1.54, 1.807) is 4.90 Å². The van der Waals surface area contributed by atoms with Crippen molar-refractivity contribution in [3.05, 3.63) is 78.6 Å². The van der Waals surface area contributed by atoms with Crippen molar-refractivity contribution in [2.75, 3.05) is 10.6 Å². The average Bonchev–Trinajstić information content (AvgIpc) is 3.50. The number of hydrogen-bond donors (Lipinski definition) is 1. The number of amides is 1. The van der Waals surface area contributed by atoms with E-state index in [1.807, 2.05) is 48.7 Å². The maximum Gasteiger partial charge on any atom is 0.332 e. The van der Waals surface area contributed by atoms with Crippen molar-refractivity contribution in [2.24, 2.45) is 20.0 Å². The Morgan fingerprint density at radius 2 is 1.75 bits per heavy atom. The molecule has 0 radical (unpaired) electrons. The number of anilines is 2. The number of aromatic nitrogens is 2. The van der Waals surface area contributed by atoms with Crippen LogP contribution in [0.1, 0.15) is 40.2 Å². The van der Waals surface area contributed by atoms with Gasteiger partial charge in [0.2, 0.25) is 11.7 Å². The van der Waals surface area contributed by atoms with Crippen molar-refractivity contribution < 1.29 is 19.1 Å². The van der Waals surface area contributed by atoms with Gasteiger partial charge in [-0.3, -0.25) is 28.3 Å². The lowest BCUT2D eigenvalue weighted by molar-refractivity contribution is -0.151. The van der Waals surface area contributed by atoms with Crippen LogP contribution in [0.25, 0.3) is 0 Å². The number of rotatable bonds is 6. The van der Waals surface area contributed by atoms with E-state index in [0.717, 1.165) is 19.6 Å². The molecule has 0 bridgehead atoms. The first-order valence-electron chi connectivity index (χ1n) is 11.2. The summed E-state index contributed by atoms with van der Waals surface area (Å²) in [4.78, 5) is 66.5. The van der Waals surface area contributed by atoms with Crippen LogP contribution in [0.15, 0.2) is 51.4 Å². The van der Waals surface area contributed by atoms with Gasteiger partial charge in [0.1, 0.15) is 11.4 Å². The Kier molecular flexibility index (Phi) is 6.68. The Morgan fingerprint density at radius 3 is 2.36 bits per heavy atom. The Bertz CT molecular complexity index is 1460. The Labute approximate surface area is 210 Å². The van der Waals surface area contributed by atoms with E-state index in [4.69, 9.17) is 10.5 Å². The lowest BCUT2D eigenvalue weighted by Gasteiger charge is -2.27. The minimum Gasteiger partial charge on any atom is -0.454 e. The highest BCUT2D eigenvalue weighted by Crippen LogP contribution is 2.43. The lowest BCUT2D eigenvalue weighted by Crippen LogP contribution is -2.43. The van der Waals surface area contributed by atoms with Crippen molar-refractivity contribution in [3.63, 3.8) is 0 Å². The molecular weight excluding hydrogens is 484 g/mol. The van der Waals surface area contributed by atoms with Gasteiger partial charge in [0, 0.05) is 31.1 Å². The van der Waals surface area contributed by atoms with Crippen molar-refractivity contribution >= 4 is 40.5 Å².